The molecule has 2 heterocycles. The molecule has 0 radical (unpaired) electrons. The van der Waals surface area contributed by atoms with Crippen molar-refractivity contribution in [1.29, 1.82) is 0 Å². The molecule has 0 aliphatic carbocycles. The first-order valence-corrected chi connectivity index (χ1v) is 6.45. The summed E-state index contributed by atoms with van der Waals surface area (Å²) in [5.74, 6) is 0.674. The average Bonchev–Trinajstić information content (AvgIpc) is 2.84. The number of aliphatic hydroxyl groups is 1. The number of nitrogens with zero attached hydrogens (tertiary/aromatic N) is 1. The fourth-order valence-electron chi connectivity index (χ4n) is 1.56. The van der Waals surface area contributed by atoms with Crippen LogP contribution in [0.3, 0.4) is 0 Å². The predicted octanol–water partition coefficient (Wildman–Crippen LogP) is 2.57. The van der Waals surface area contributed by atoms with Crippen molar-refractivity contribution in [2.75, 3.05) is 6.61 Å². The van der Waals surface area contributed by atoms with E-state index in [1.807, 2.05) is 19.1 Å². The van der Waals surface area contributed by atoms with Crippen LogP contribution in [0.25, 0.3) is 0 Å². The molecule has 0 aromatic carbocycles. The van der Waals surface area contributed by atoms with E-state index in [9.17, 15) is 5.11 Å². The minimum atomic E-state index is -0.0878. The summed E-state index contributed by atoms with van der Waals surface area (Å²) in [6.45, 7) is 2.41. The molecule has 2 aromatic rings. The number of thiophene rings is 1. The summed E-state index contributed by atoms with van der Waals surface area (Å²) in [4.78, 5) is 4.23. The van der Waals surface area contributed by atoms with E-state index in [2.05, 4.69) is 21.8 Å². The van der Waals surface area contributed by atoms with E-state index in [1.165, 1.54) is 5.56 Å². The van der Waals surface area contributed by atoms with Gasteiger partial charge in [-0.1, -0.05) is 0 Å². The van der Waals surface area contributed by atoms with Gasteiger partial charge in [-0.2, -0.15) is 11.3 Å². The van der Waals surface area contributed by atoms with Gasteiger partial charge < -0.3 is 9.84 Å². The van der Waals surface area contributed by atoms with Crippen LogP contribution in [0.5, 0.6) is 5.75 Å². The second-order valence-electron chi connectivity index (χ2n) is 3.79. The number of hydrogen-bond acceptors (Lipinski definition) is 4. The van der Waals surface area contributed by atoms with E-state index in [0.717, 1.165) is 12.1 Å². The van der Waals surface area contributed by atoms with Gasteiger partial charge in [0.25, 0.3) is 0 Å². The molecule has 0 unspecified atom stereocenters. The number of pyridine rings is 1. The lowest BCUT2D eigenvalue weighted by Crippen LogP contribution is -2.04. The molecule has 0 aliphatic rings. The normalized spacial score (nSPS) is 10.5. The van der Waals surface area contributed by atoms with Crippen LogP contribution in [0, 0.1) is 6.92 Å². The summed E-state index contributed by atoms with van der Waals surface area (Å²) < 4.78 is 5.64. The van der Waals surface area contributed by atoms with Crippen molar-refractivity contribution in [2.24, 2.45) is 0 Å². The van der Waals surface area contributed by atoms with Gasteiger partial charge in [0.1, 0.15) is 11.4 Å². The zero-order valence-electron chi connectivity index (χ0n) is 9.72. The maximum absolute atomic E-state index is 9.19. The van der Waals surface area contributed by atoms with Gasteiger partial charge in [0, 0.05) is 12.1 Å². The SMILES string of the molecule is Cc1ccc(OCCc2ccsc2)c(CO)n1. The van der Waals surface area contributed by atoms with E-state index in [-0.39, 0.29) is 6.61 Å². The van der Waals surface area contributed by atoms with Gasteiger partial charge in [-0.15, -0.1) is 0 Å². The largest absolute Gasteiger partial charge is 0.491 e. The molecule has 0 amide bonds. The molecule has 0 saturated heterocycles. The number of aromatic nitrogens is 1. The third-order valence-corrected chi connectivity index (χ3v) is 3.18. The predicted molar refractivity (Wildman–Crippen MR) is 68.4 cm³/mol. The second kappa shape index (κ2) is 5.80. The molecule has 0 atom stereocenters. The number of rotatable bonds is 5. The Balaban J connectivity index is 1.94. The lowest BCUT2D eigenvalue weighted by molar-refractivity contribution is 0.258. The highest BCUT2D eigenvalue weighted by Crippen LogP contribution is 2.17. The zero-order chi connectivity index (χ0) is 12.1. The fourth-order valence-corrected chi connectivity index (χ4v) is 2.26. The zero-order valence-corrected chi connectivity index (χ0v) is 10.5. The monoisotopic (exact) mass is 249 g/mol. The molecule has 0 bridgehead atoms. The molecule has 0 fully saturated rings. The average molecular weight is 249 g/mol. The fraction of sp³-hybridized carbons (Fsp3) is 0.308. The molecule has 3 nitrogen and oxygen atoms in total. The molecule has 0 saturated carbocycles. The number of aliphatic hydroxyl groups excluding tert-OH is 1. The Kier molecular flexibility index (Phi) is 4.12. The summed E-state index contributed by atoms with van der Waals surface area (Å²) in [5, 5.41) is 13.4. The van der Waals surface area contributed by atoms with E-state index >= 15 is 0 Å². The van der Waals surface area contributed by atoms with Crippen molar-refractivity contribution in [3.05, 3.63) is 45.9 Å². The molecule has 0 aliphatic heterocycles. The Morgan fingerprint density at radius 2 is 2.24 bits per heavy atom. The van der Waals surface area contributed by atoms with Gasteiger partial charge in [0.15, 0.2) is 0 Å². The first kappa shape index (κ1) is 12.1. The van der Waals surface area contributed by atoms with Crippen LogP contribution < -0.4 is 4.74 Å². The molecule has 4 heteroatoms. The van der Waals surface area contributed by atoms with Crippen LogP contribution in [0.15, 0.2) is 29.0 Å². The molecule has 2 aromatic heterocycles. The third kappa shape index (κ3) is 3.28. The summed E-state index contributed by atoms with van der Waals surface area (Å²) >= 11 is 1.69. The summed E-state index contributed by atoms with van der Waals surface area (Å²) in [5.41, 5.74) is 2.77. The van der Waals surface area contributed by atoms with Gasteiger partial charge in [-0.3, -0.25) is 4.98 Å². The Morgan fingerprint density at radius 1 is 1.35 bits per heavy atom. The molecule has 0 spiro atoms. The third-order valence-electron chi connectivity index (χ3n) is 2.45. The second-order valence-corrected chi connectivity index (χ2v) is 4.57. The van der Waals surface area contributed by atoms with E-state index in [1.54, 1.807) is 11.3 Å². The maximum Gasteiger partial charge on any atom is 0.143 e. The molecular formula is C13H15NO2S. The molecule has 90 valence electrons. The van der Waals surface area contributed by atoms with Crippen LogP contribution in [0.2, 0.25) is 0 Å². The first-order valence-electron chi connectivity index (χ1n) is 5.51. The van der Waals surface area contributed by atoms with E-state index < -0.39 is 0 Å². The number of hydrogen-bond donors (Lipinski definition) is 1. The van der Waals surface area contributed by atoms with E-state index in [4.69, 9.17) is 4.74 Å². The van der Waals surface area contributed by atoms with Gasteiger partial charge in [-0.25, -0.2) is 0 Å². The van der Waals surface area contributed by atoms with Gasteiger partial charge in [0.2, 0.25) is 0 Å². The van der Waals surface area contributed by atoms with Crippen LogP contribution in [-0.2, 0) is 13.0 Å². The summed E-state index contributed by atoms with van der Waals surface area (Å²) in [7, 11) is 0. The first-order chi connectivity index (χ1) is 8.29. The standard InChI is InChI=1S/C13H15NO2S/c1-10-2-3-13(12(8-15)14-10)16-6-4-11-5-7-17-9-11/h2-3,5,7,9,15H,4,6,8H2,1H3. The smallest absolute Gasteiger partial charge is 0.143 e. The van der Waals surface area contributed by atoms with Gasteiger partial charge in [0.05, 0.1) is 13.2 Å². The quantitative estimate of drug-likeness (QED) is 0.885. The van der Waals surface area contributed by atoms with Crippen molar-refractivity contribution < 1.29 is 9.84 Å². The summed E-state index contributed by atoms with van der Waals surface area (Å²) in [6.07, 6.45) is 0.877. The minimum Gasteiger partial charge on any atom is -0.491 e. The van der Waals surface area contributed by atoms with Gasteiger partial charge in [-0.05, 0) is 41.4 Å². The molecule has 2 rings (SSSR count). The maximum atomic E-state index is 9.19. The molecule has 17 heavy (non-hydrogen) atoms. The minimum absolute atomic E-state index is 0.0878. The Morgan fingerprint density at radius 3 is 2.94 bits per heavy atom. The van der Waals surface area contributed by atoms with E-state index in [0.29, 0.717) is 18.1 Å². The highest BCUT2D eigenvalue weighted by atomic mass is 32.1. The Bertz CT molecular complexity index is 468. The van der Waals surface area contributed by atoms with Crippen molar-refractivity contribution in [3.63, 3.8) is 0 Å². The van der Waals surface area contributed by atoms with Crippen molar-refractivity contribution >= 4 is 11.3 Å². The van der Waals surface area contributed by atoms with Crippen molar-refractivity contribution in [1.82, 2.24) is 4.98 Å². The lowest BCUT2D eigenvalue weighted by atomic mass is 10.2. The number of aryl methyl sites for hydroxylation is 1. The van der Waals surface area contributed by atoms with Crippen LogP contribution in [-0.4, -0.2) is 16.7 Å². The topological polar surface area (TPSA) is 42.4 Å². The van der Waals surface area contributed by atoms with Gasteiger partial charge >= 0.3 is 0 Å². The highest BCUT2D eigenvalue weighted by Gasteiger charge is 2.04. The number of ether oxygens (including phenoxy) is 1. The Labute approximate surface area is 105 Å². The highest BCUT2D eigenvalue weighted by molar-refractivity contribution is 7.07. The molecular weight excluding hydrogens is 234 g/mol. The van der Waals surface area contributed by atoms with Crippen molar-refractivity contribution in [2.45, 2.75) is 20.0 Å². The van der Waals surface area contributed by atoms with Crippen LogP contribution in [0.1, 0.15) is 17.0 Å². The lowest BCUT2D eigenvalue weighted by Gasteiger charge is -2.09. The summed E-state index contributed by atoms with van der Waals surface area (Å²) in [6, 6.07) is 5.84. The Hall–Kier alpha value is -1.39. The van der Waals surface area contributed by atoms with Crippen LogP contribution in [0.4, 0.5) is 0 Å². The van der Waals surface area contributed by atoms with Crippen LogP contribution >= 0.6 is 11.3 Å². The van der Waals surface area contributed by atoms with Crippen molar-refractivity contribution in [3.8, 4) is 5.75 Å². The molecule has 1 N–H and O–H groups in total.